The lowest BCUT2D eigenvalue weighted by Gasteiger charge is -2.08. The molecule has 3 aromatic rings. The number of rotatable bonds is 3. The lowest BCUT2D eigenvalue weighted by atomic mass is 10.2. The SMILES string of the molecule is Cc1noc(C)c1S(=O)(=O)Nc1ccc2ncccc2c1. The number of hydrogen-bond acceptors (Lipinski definition) is 5. The maximum Gasteiger partial charge on any atom is 0.267 e. The van der Waals surface area contributed by atoms with Gasteiger partial charge in [-0.25, -0.2) is 8.42 Å². The summed E-state index contributed by atoms with van der Waals surface area (Å²) >= 11 is 0. The lowest BCUT2D eigenvalue weighted by Crippen LogP contribution is -2.14. The number of pyridine rings is 1. The zero-order chi connectivity index (χ0) is 15.0. The number of hydrogen-bond donors (Lipinski definition) is 1. The number of nitrogens with one attached hydrogen (secondary N) is 1. The second-order valence-electron chi connectivity index (χ2n) is 4.67. The summed E-state index contributed by atoms with van der Waals surface area (Å²) in [5, 5.41) is 4.53. The Balaban J connectivity index is 2.01. The first-order valence-corrected chi connectivity index (χ1v) is 7.76. The van der Waals surface area contributed by atoms with Crippen LogP contribution in [0.4, 0.5) is 5.69 Å². The maximum atomic E-state index is 12.4. The molecule has 7 heteroatoms. The number of aryl methyl sites for hydroxylation is 2. The normalized spacial score (nSPS) is 11.7. The van der Waals surface area contributed by atoms with E-state index in [4.69, 9.17) is 4.52 Å². The number of benzene rings is 1. The predicted molar refractivity (Wildman–Crippen MR) is 78.5 cm³/mol. The van der Waals surface area contributed by atoms with E-state index in [9.17, 15) is 8.42 Å². The monoisotopic (exact) mass is 303 g/mol. The van der Waals surface area contributed by atoms with Crippen LogP contribution in [0.15, 0.2) is 45.9 Å². The van der Waals surface area contributed by atoms with Crippen LogP contribution in [0.25, 0.3) is 10.9 Å². The average molecular weight is 303 g/mol. The lowest BCUT2D eigenvalue weighted by molar-refractivity contribution is 0.390. The summed E-state index contributed by atoms with van der Waals surface area (Å²) in [5.74, 6) is 0.266. The zero-order valence-corrected chi connectivity index (χ0v) is 12.3. The van der Waals surface area contributed by atoms with E-state index in [1.165, 1.54) is 0 Å². The Kier molecular flexibility index (Phi) is 3.13. The smallest absolute Gasteiger partial charge is 0.267 e. The van der Waals surface area contributed by atoms with E-state index < -0.39 is 10.0 Å². The molecule has 0 saturated carbocycles. The first-order chi connectivity index (χ1) is 9.97. The summed E-state index contributed by atoms with van der Waals surface area (Å²) < 4.78 is 32.3. The van der Waals surface area contributed by atoms with Crippen molar-refractivity contribution in [1.29, 1.82) is 0 Å². The van der Waals surface area contributed by atoms with Crippen molar-refractivity contribution < 1.29 is 12.9 Å². The molecule has 1 N–H and O–H groups in total. The fourth-order valence-corrected chi connectivity index (χ4v) is 3.58. The average Bonchev–Trinajstić information content (AvgIpc) is 2.78. The van der Waals surface area contributed by atoms with E-state index in [1.807, 2.05) is 6.07 Å². The van der Waals surface area contributed by atoms with Crippen LogP contribution in [0.3, 0.4) is 0 Å². The quantitative estimate of drug-likeness (QED) is 0.804. The van der Waals surface area contributed by atoms with Gasteiger partial charge in [-0.15, -0.1) is 0 Å². The molecule has 0 saturated heterocycles. The van der Waals surface area contributed by atoms with E-state index in [-0.39, 0.29) is 10.7 Å². The van der Waals surface area contributed by atoms with Gasteiger partial charge in [-0.05, 0) is 38.1 Å². The van der Waals surface area contributed by atoms with Gasteiger partial charge in [0.05, 0.1) is 5.52 Å². The fourth-order valence-electron chi connectivity index (χ4n) is 2.20. The van der Waals surface area contributed by atoms with Gasteiger partial charge in [-0.1, -0.05) is 11.2 Å². The number of sulfonamides is 1. The molecule has 0 radical (unpaired) electrons. The van der Waals surface area contributed by atoms with E-state index in [2.05, 4.69) is 14.9 Å². The molecule has 6 nitrogen and oxygen atoms in total. The van der Waals surface area contributed by atoms with Crippen LogP contribution in [-0.2, 0) is 10.0 Å². The van der Waals surface area contributed by atoms with Crippen LogP contribution >= 0.6 is 0 Å². The highest BCUT2D eigenvalue weighted by Gasteiger charge is 2.24. The van der Waals surface area contributed by atoms with Gasteiger partial charge in [0.25, 0.3) is 10.0 Å². The Morgan fingerprint density at radius 3 is 2.71 bits per heavy atom. The van der Waals surface area contributed by atoms with Crippen LogP contribution < -0.4 is 4.72 Å². The summed E-state index contributed by atoms with van der Waals surface area (Å²) in [6.45, 7) is 3.16. The van der Waals surface area contributed by atoms with E-state index in [0.717, 1.165) is 10.9 Å². The van der Waals surface area contributed by atoms with Crippen molar-refractivity contribution in [2.45, 2.75) is 18.7 Å². The molecule has 2 aromatic heterocycles. The fraction of sp³-hybridized carbons (Fsp3) is 0.143. The molecule has 0 unspecified atom stereocenters. The van der Waals surface area contributed by atoms with E-state index >= 15 is 0 Å². The molecule has 0 amide bonds. The minimum Gasteiger partial charge on any atom is -0.360 e. The van der Waals surface area contributed by atoms with E-state index in [0.29, 0.717) is 11.4 Å². The minimum atomic E-state index is -3.73. The minimum absolute atomic E-state index is 0.0776. The summed E-state index contributed by atoms with van der Waals surface area (Å²) in [6.07, 6.45) is 1.69. The molecular formula is C14H13N3O3S. The van der Waals surface area contributed by atoms with Crippen LogP contribution in [0.1, 0.15) is 11.5 Å². The summed E-state index contributed by atoms with van der Waals surface area (Å²) in [7, 11) is -3.73. The summed E-state index contributed by atoms with van der Waals surface area (Å²) in [5.41, 5.74) is 1.61. The standard InChI is InChI=1S/C14H13N3O3S/c1-9-14(10(2)20-16-9)21(18,19)17-12-5-6-13-11(8-12)4-3-7-15-13/h3-8,17H,1-2H3. The van der Waals surface area contributed by atoms with Gasteiger partial charge >= 0.3 is 0 Å². The number of aromatic nitrogens is 2. The highest BCUT2D eigenvalue weighted by atomic mass is 32.2. The van der Waals surface area contributed by atoms with E-state index in [1.54, 1.807) is 44.3 Å². The highest BCUT2D eigenvalue weighted by molar-refractivity contribution is 7.92. The van der Waals surface area contributed by atoms with Crippen molar-refractivity contribution in [1.82, 2.24) is 10.1 Å². The summed E-state index contributed by atoms with van der Waals surface area (Å²) in [4.78, 5) is 4.27. The van der Waals surface area contributed by atoms with Crippen molar-refractivity contribution in [3.63, 3.8) is 0 Å². The van der Waals surface area contributed by atoms with Gasteiger partial charge in [-0.3, -0.25) is 9.71 Å². The molecule has 3 rings (SSSR count). The molecule has 0 fully saturated rings. The van der Waals surface area contributed by atoms with Gasteiger partial charge < -0.3 is 4.52 Å². The first kappa shape index (κ1) is 13.6. The molecule has 0 aliphatic heterocycles. The predicted octanol–water partition coefficient (Wildman–Crippen LogP) is 2.64. The van der Waals surface area contributed by atoms with Crippen molar-refractivity contribution in [3.8, 4) is 0 Å². The Hall–Kier alpha value is -2.41. The molecule has 0 spiro atoms. The van der Waals surface area contributed by atoms with Crippen molar-refractivity contribution >= 4 is 26.6 Å². The largest absolute Gasteiger partial charge is 0.360 e. The van der Waals surface area contributed by atoms with Crippen LogP contribution in [-0.4, -0.2) is 18.6 Å². The van der Waals surface area contributed by atoms with Gasteiger partial charge in [0.1, 0.15) is 5.69 Å². The molecule has 21 heavy (non-hydrogen) atoms. The summed E-state index contributed by atoms with van der Waals surface area (Å²) in [6, 6.07) is 8.84. The molecule has 2 heterocycles. The Labute approximate surface area is 121 Å². The topological polar surface area (TPSA) is 85.1 Å². The molecule has 0 bridgehead atoms. The molecule has 0 aliphatic carbocycles. The van der Waals surface area contributed by atoms with Crippen molar-refractivity contribution in [3.05, 3.63) is 48.0 Å². The molecule has 108 valence electrons. The van der Waals surface area contributed by atoms with Gasteiger partial charge in [0.2, 0.25) is 0 Å². The molecule has 0 atom stereocenters. The van der Waals surface area contributed by atoms with Crippen LogP contribution in [0.2, 0.25) is 0 Å². The zero-order valence-electron chi connectivity index (χ0n) is 11.5. The second-order valence-corrected chi connectivity index (χ2v) is 6.29. The molecular weight excluding hydrogens is 290 g/mol. The second kappa shape index (κ2) is 4.85. The van der Waals surface area contributed by atoms with Crippen LogP contribution in [0.5, 0.6) is 0 Å². The van der Waals surface area contributed by atoms with Gasteiger partial charge in [-0.2, -0.15) is 0 Å². The van der Waals surface area contributed by atoms with Gasteiger partial charge in [0.15, 0.2) is 10.7 Å². The van der Waals surface area contributed by atoms with Gasteiger partial charge in [0, 0.05) is 17.3 Å². The number of anilines is 1. The highest BCUT2D eigenvalue weighted by Crippen LogP contribution is 2.24. The molecule has 1 aromatic carbocycles. The molecule has 0 aliphatic rings. The third kappa shape index (κ3) is 2.47. The number of fused-ring (bicyclic) bond motifs is 1. The number of nitrogens with zero attached hydrogens (tertiary/aromatic N) is 2. The maximum absolute atomic E-state index is 12.4. The Bertz CT molecular complexity index is 897. The van der Waals surface area contributed by atoms with Crippen LogP contribution in [0, 0.1) is 13.8 Å². The van der Waals surface area contributed by atoms with Crippen molar-refractivity contribution in [2.75, 3.05) is 4.72 Å². The Morgan fingerprint density at radius 2 is 2.00 bits per heavy atom. The van der Waals surface area contributed by atoms with Crippen molar-refractivity contribution in [2.24, 2.45) is 0 Å². The third-order valence-electron chi connectivity index (χ3n) is 3.09. The third-order valence-corrected chi connectivity index (χ3v) is 4.72. The first-order valence-electron chi connectivity index (χ1n) is 6.28. The Morgan fingerprint density at radius 1 is 1.19 bits per heavy atom.